The Hall–Kier alpha value is -1.85. The topological polar surface area (TPSA) is 78.8 Å². The highest BCUT2D eigenvalue weighted by atomic mass is 16.5. The van der Waals surface area contributed by atoms with Crippen molar-refractivity contribution in [2.45, 2.75) is 70.9 Å². The lowest BCUT2D eigenvalue weighted by Gasteiger charge is -2.63. The monoisotopic (exact) mass is 429 g/mol. The van der Waals surface area contributed by atoms with E-state index in [1.54, 1.807) is 7.11 Å². The molecule has 31 heavy (non-hydrogen) atoms. The summed E-state index contributed by atoms with van der Waals surface area (Å²) in [7, 11) is 1.66. The number of carboxylic acids is 1. The van der Waals surface area contributed by atoms with Gasteiger partial charge in [0, 0.05) is 19.0 Å². The van der Waals surface area contributed by atoms with Crippen molar-refractivity contribution < 1.29 is 19.7 Å². The van der Waals surface area contributed by atoms with E-state index in [1.807, 2.05) is 24.3 Å². The van der Waals surface area contributed by atoms with Crippen LogP contribution in [-0.4, -0.2) is 42.0 Å². The molecule has 3 saturated carbocycles. The molecule has 0 spiro atoms. The second kappa shape index (κ2) is 10.6. The van der Waals surface area contributed by atoms with Crippen LogP contribution in [0.25, 0.3) is 0 Å². The molecule has 0 radical (unpaired) electrons. The van der Waals surface area contributed by atoms with Gasteiger partial charge in [-0.2, -0.15) is 0 Å². The van der Waals surface area contributed by atoms with Crippen molar-refractivity contribution in [2.75, 3.05) is 13.7 Å². The van der Waals surface area contributed by atoms with Crippen LogP contribution in [0.2, 0.25) is 0 Å². The summed E-state index contributed by atoms with van der Waals surface area (Å²) >= 11 is 0. The molecule has 2 bridgehead atoms. The van der Waals surface area contributed by atoms with Crippen molar-refractivity contribution >= 4 is 5.97 Å². The summed E-state index contributed by atoms with van der Waals surface area (Å²) in [5, 5.41) is 23.1. The molecule has 3 aliphatic rings. The quantitative estimate of drug-likeness (QED) is 0.338. The molecule has 0 amide bonds. The molecule has 3 aliphatic carbocycles. The summed E-state index contributed by atoms with van der Waals surface area (Å²) in [4.78, 5) is 10.7. The Kier molecular flexibility index (Phi) is 8.17. The normalized spacial score (nSPS) is 27.6. The van der Waals surface area contributed by atoms with E-state index in [4.69, 9.17) is 9.84 Å². The van der Waals surface area contributed by atoms with Crippen LogP contribution in [0, 0.1) is 23.2 Å². The van der Waals surface area contributed by atoms with Crippen LogP contribution in [-0.2, 0) is 11.2 Å². The number of carboxylic acid groups (broad SMARTS) is 1. The molecule has 3 N–H and O–H groups in total. The van der Waals surface area contributed by atoms with Gasteiger partial charge in [0.2, 0.25) is 0 Å². The number of allylic oxidation sites excluding steroid dienone is 2. The minimum absolute atomic E-state index is 0.237. The molecule has 1 aromatic rings. The van der Waals surface area contributed by atoms with Crippen LogP contribution < -0.4 is 10.1 Å². The van der Waals surface area contributed by atoms with Gasteiger partial charge in [0.15, 0.2) is 0 Å². The van der Waals surface area contributed by atoms with Gasteiger partial charge in [0.1, 0.15) is 5.75 Å². The number of ether oxygens (including phenoxy) is 1. The highest BCUT2D eigenvalue weighted by Gasteiger charge is 2.56. The Labute approximate surface area is 186 Å². The van der Waals surface area contributed by atoms with E-state index in [2.05, 4.69) is 31.3 Å². The molecule has 4 rings (SSSR count). The largest absolute Gasteiger partial charge is 0.497 e. The minimum atomic E-state index is -0.722. The van der Waals surface area contributed by atoms with Crippen molar-refractivity contribution in [1.82, 2.24) is 5.32 Å². The van der Waals surface area contributed by atoms with Gasteiger partial charge in [-0.15, -0.1) is 0 Å². The fourth-order valence-corrected chi connectivity index (χ4v) is 5.64. The van der Waals surface area contributed by atoms with Crippen LogP contribution in [0.3, 0.4) is 0 Å². The first-order valence-electron chi connectivity index (χ1n) is 11.7. The second-order valence-corrected chi connectivity index (χ2v) is 9.97. The maximum atomic E-state index is 10.7. The van der Waals surface area contributed by atoms with Gasteiger partial charge in [-0.05, 0) is 79.4 Å². The first-order chi connectivity index (χ1) is 14.8. The summed E-state index contributed by atoms with van der Waals surface area (Å²) in [5.41, 5.74) is 1.52. The number of benzene rings is 1. The summed E-state index contributed by atoms with van der Waals surface area (Å²) < 4.78 is 5.20. The molecular formula is C26H39NO4. The van der Waals surface area contributed by atoms with Gasteiger partial charge in [-0.3, -0.25) is 4.79 Å². The number of aliphatic hydroxyl groups is 1. The second-order valence-electron chi connectivity index (χ2n) is 9.97. The molecule has 0 aromatic heterocycles. The third-order valence-electron chi connectivity index (χ3n) is 7.70. The van der Waals surface area contributed by atoms with E-state index in [0.717, 1.165) is 30.1 Å². The smallest absolute Gasteiger partial charge is 0.303 e. The molecule has 5 unspecified atom stereocenters. The minimum Gasteiger partial charge on any atom is -0.497 e. The van der Waals surface area contributed by atoms with Gasteiger partial charge < -0.3 is 20.3 Å². The number of carbonyl (C=O) groups is 1. The van der Waals surface area contributed by atoms with Crippen molar-refractivity contribution in [3.05, 3.63) is 42.0 Å². The third-order valence-corrected chi connectivity index (χ3v) is 7.70. The third kappa shape index (κ3) is 6.11. The predicted octanol–water partition coefficient (Wildman–Crippen LogP) is 4.44. The van der Waals surface area contributed by atoms with Crippen molar-refractivity contribution in [3.63, 3.8) is 0 Å². The number of hydrogen-bond acceptors (Lipinski definition) is 4. The maximum absolute atomic E-state index is 10.7. The Bertz CT molecular complexity index is 742. The zero-order chi connectivity index (χ0) is 22.4. The van der Waals surface area contributed by atoms with E-state index >= 15 is 0 Å². The molecule has 3 fully saturated rings. The summed E-state index contributed by atoms with van der Waals surface area (Å²) in [5.74, 6) is 2.17. The van der Waals surface area contributed by atoms with Crippen LogP contribution in [0.5, 0.6) is 5.75 Å². The first-order valence-corrected chi connectivity index (χ1v) is 11.7. The van der Waals surface area contributed by atoms with E-state index in [0.29, 0.717) is 42.7 Å². The van der Waals surface area contributed by atoms with Crippen LogP contribution in [0.1, 0.15) is 57.9 Å². The number of fused-ring (bicyclic) bond motifs is 2. The van der Waals surface area contributed by atoms with Crippen LogP contribution in [0.4, 0.5) is 0 Å². The van der Waals surface area contributed by atoms with E-state index in [9.17, 15) is 9.90 Å². The molecule has 5 heteroatoms. The first kappa shape index (κ1) is 23.8. The molecule has 0 heterocycles. The van der Waals surface area contributed by atoms with Crippen molar-refractivity contribution in [2.24, 2.45) is 23.2 Å². The molecule has 0 aliphatic heterocycles. The average Bonchev–Trinajstić information content (AvgIpc) is 2.75. The summed E-state index contributed by atoms with van der Waals surface area (Å²) in [6.45, 7) is 5.42. The van der Waals surface area contributed by atoms with Gasteiger partial charge in [0.25, 0.3) is 0 Å². The van der Waals surface area contributed by atoms with E-state index < -0.39 is 12.1 Å². The fraction of sp³-hybridized carbons (Fsp3) is 0.654. The van der Waals surface area contributed by atoms with Crippen LogP contribution in [0.15, 0.2) is 36.4 Å². The van der Waals surface area contributed by atoms with Gasteiger partial charge in [-0.1, -0.05) is 38.1 Å². The highest BCUT2D eigenvalue weighted by molar-refractivity contribution is 5.66. The number of rotatable bonds is 12. The average molecular weight is 430 g/mol. The Morgan fingerprint density at radius 3 is 2.65 bits per heavy atom. The van der Waals surface area contributed by atoms with Gasteiger partial charge in [-0.25, -0.2) is 0 Å². The number of methoxy groups -OCH3 is 1. The Morgan fingerprint density at radius 1 is 1.26 bits per heavy atom. The summed E-state index contributed by atoms with van der Waals surface area (Å²) in [6, 6.07) is 8.33. The number of aliphatic hydroxyl groups excluding tert-OH is 1. The van der Waals surface area contributed by atoms with Crippen molar-refractivity contribution in [3.8, 4) is 5.75 Å². The molecule has 172 valence electrons. The lowest BCUT2D eigenvalue weighted by molar-refractivity contribution is -0.137. The molecule has 1 aromatic carbocycles. The van der Waals surface area contributed by atoms with E-state index in [-0.39, 0.29) is 6.42 Å². The number of nitrogens with one attached hydrogen (secondary N) is 1. The Balaban J connectivity index is 1.50. The predicted molar refractivity (Wildman–Crippen MR) is 123 cm³/mol. The van der Waals surface area contributed by atoms with Crippen LogP contribution >= 0.6 is 0 Å². The molecule has 5 nitrogen and oxygen atoms in total. The fourth-order valence-electron chi connectivity index (χ4n) is 5.64. The lowest BCUT2D eigenvalue weighted by Crippen LogP contribution is -2.61. The Morgan fingerprint density at radius 2 is 2.00 bits per heavy atom. The zero-order valence-corrected chi connectivity index (χ0v) is 19.2. The SMILES string of the molecule is COc1ccc(CC(O)CNC2CC3CC(C2C/C=C/CCCC(=O)O)C3(C)C)cc1. The van der Waals surface area contributed by atoms with Crippen molar-refractivity contribution in [1.29, 1.82) is 0 Å². The molecular weight excluding hydrogens is 390 g/mol. The van der Waals surface area contributed by atoms with Gasteiger partial charge >= 0.3 is 5.97 Å². The number of aliphatic carboxylic acids is 1. The summed E-state index contributed by atoms with van der Waals surface area (Å²) in [6.07, 6.45) is 9.92. The number of hydrogen-bond donors (Lipinski definition) is 3. The number of unbranched alkanes of at least 4 members (excludes halogenated alkanes) is 1. The zero-order valence-electron chi connectivity index (χ0n) is 19.2. The van der Waals surface area contributed by atoms with Gasteiger partial charge in [0.05, 0.1) is 13.2 Å². The maximum Gasteiger partial charge on any atom is 0.303 e. The van der Waals surface area contributed by atoms with E-state index in [1.165, 1.54) is 12.8 Å². The highest BCUT2D eigenvalue weighted by Crippen LogP contribution is 2.62. The lowest BCUT2D eigenvalue weighted by atomic mass is 9.44. The molecule has 0 saturated heterocycles. The molecule has 5 atom stereocenters. The standard InChI is InChI=1S/C26H39NO4/c1-26(2)19-15-23(26)22(8-6-4-5-7-9-25(29)30)24(16-19)27-17-20(28)14-18-10-12-21(31-3)13-11-18/h4,6,10-13,19-20,22-24,27-28H,5,7-9,14-17H2,1-3H3,(H,29,30)/b6-4+.